The smallest absolute Gasteiger partial charge is 0.309 e. The molecule has 1 rings (SSSR count). The summed E-state index contributed by atoms with van der Waals surface area (Å²) in [6, 6.07) is 4.84. The number of aldehydes is 1. The number of hydrogen-bond acceptors (Lipinski definition) is 3. The molecule has 0 spiro atoms. The zero-order valence-electron chi connectivity index (χ0n) is 7.62. The highest BCUT2D eigenvalue weighted by molar-refractivity contribution is 6.33. The van der Waals surface area contributed by atoms with E-state index in [4.69, 9.17) is 11.6 Å². The number of halogens is 1. The SMILES string of the molecule is COC(=O)Cc1ccc(C=O)c(Cl)c1. The predicted molar refractivity (Wildman–Crippen MR) is 52.6 cm³/mol. The van der Waals surface area contributed by atoms with E-state index in [0.29, 0.717) is 16.9 Å². The van der Waals surface area contributed by atoms with Gasteiger partial charge in [-0.1, -0.05) is 17.7 Å². The Hall–Kier alpha value is -1.35. The average Bonchev–Trinajstić information content (AvgIpc) is 2.18. The first-order valence-electron chi connectivity index (χ1n) is 3.97. The van der Waals surface area contributed by atoms with Crippen LogP contribution in [0.5, 0.6) is 0 Å². The lowest BCUT2D eigenvalue weighted by Crippen LogP contribution is -2.04. The second-order valence-electron chi connectivity index (χ2n) is 2.73. The summed E-state index contributed by atoms with van der Waals surface area (Å²) < 4.78 is 4.50. The molecule has 1 aromatic carbocycles. The molecule has 0 aliphatic heterocycles. The van der Waals surface area contributed by atoms with Crippen LogP contribution in [-0.2, 0) is 16.0 Å². The second-order valence-corrected chi connectivity index (χ2v) is 3.13. The highest BCUT2D eigenvalue weighted by Crippen LogP contribution is 2.16. The molecular weight excluding hydrogens is 204 g/mol. The molecule has 0 saturated heterocycles. The fraction of sp³-hybridized carbons (Fsp3) is 0.200. The fourth-order valence-electron chi connectivity index (χ4n) is 1.02. The number of methoxy groups -OCH3 is 1. The first-order valence-corrected chi connectivity index (χ1v) is 4.35. The standard InChI is InChI=1S/C10H9ClO3/c1-14-10(13)5-7-2-3-8(6-12)9(11)4-7/h2-4,6H,5H2,1H3. The molecule has 0 fully saturated rings. The van der Waals surface area contributed by atoms with Crippen LogP contribution in [0.4, 0.5) is 0 Å². The van der Waals surface area contributed by atoms with E-state index in [1.165, 1.54) is 7.11 Å². The molecule has 0 aromatic heterocycles. The molecule has 0 amide bonds. The summed E-state index contributed by atoms with van der Waals surface area (Å²) in [6.45, 7) is 0. The normalized spacial score (nSPS) is 9.57. The number of ether oxygens (including phenoxy) is 1. The molecule has 0 radical (unpaired) electrons. The molecule has 0 aliphatic carbocycles. The highest BCUT2D eigenvalue weighted by Gasteiger charge is 2.05. The minimum absolute atomic E-state index is 0.162. The zero-order valence-corrected chi connectivity index (χ0v) is 8.38. The molecular formula is C10H9ClO3. The summed E-state index contributed by atoms with van der Waals surface area (Å²) in [6.07, 6.45) is 0.833. The molecule has 3 nitrogen and oxygen atoms in total. The van der Waals surface area contributed by atoms with Gasteiger partial charge in [-0.15, -0.1) is 0 Å². The van der Waals surface area contributed by atoms with E-state index in [1.54, 1.807) is 18.2 Å². The maximum atomic E-state index is 10.9. The van der Waals surface area contributed by atoms with Crippen molar-refractivity contribution in [1.82, 2.24) is 0 Å². The van der Waals surface area contributed by atoms with Crippen LogP contribution in [0.1, 0.15) is 15.9 Å². The number of benzene rings is 1. The Labute approximate surface area is 86.6 Å². The van der Waals surface area contributed by atoms with Crippen molar-refractivity contribution < 1.29 is 14.3 Å². The van der Waals surface area contributed by atoms with E-state index >= 15 is 0 Å². The van der Waals surface area contributed by atoms with E-state index in [1.807, 2.05) is 0 Å². The van der Waals surface area contributed by atoms with Crippen LogP contribution >= 0.6 is 11.6 Å². The van der Waals surface area contributed by atoms with Gasteiger partial charge in [-0.2, -0.15) is 0 Å². The fourth-order valence-corrected chi connectivity index (χ4v) is 1.26. The molecule has 4 heteroatoms. The van der Waals surface area contributed by atoms with Crippen molar-refractivity contribution >= 4 is 23.9 Å². The van der Waals surface area contributed by atoms with E-state index in [0.717, 1.165) is 5.56 Å². The van der Waals surface area contributed by atoms with Gasteiger partial charge in [-0.25, -0.2) is 0 Å². The van der Waals surface area contributed by atoms with Gasteiger partial charge >= 0.3 is 5.97 Å². The van der Waals surface area contributed by atoms with Crippen molar-refractivity contribution in [2.24, 2.45) is 0 Å². The van der Waals surface area contributed by atoms with E-state index in [-0.39, 0.29) is 12.4 Å². The molecule has 0 N–H and O–H groups in total. The van der Waals surface area contributed by atoms with Crippen molar-refractivity contribution in [1.29, 1.82) is 0 Å². The Bertz CT molecular complexity index is 360. The minimum atomic E-state index is -0.333. The molecule has 0 bridgehead atoms. The maximum Gasteiger partial charge on any atom is 0.309 e. The van der Waals surface area contributed by atoms with Gasteiger partial charge in [-0.3, -0.25) is 9.59 Å². The maximum absolute atomic E-state index is 10.9. The van der Waals surface area contributed by atoms with Crippen molar-refractivity contribution in [2.45, 2.75) is 6.42 Å². The van der Waals surface area contributed by atoms with E-state index in [9.17, 15) is 9.59 Å². The van der Waals surface area contributed by atoms with E-state index in [2.05, 4.69) is 4.74 Å². The predicted octanol–water partition coefficient (Wildman–Crippen LogP) is 1.87. The van der Waals surface area contributed by atoms with Crippen LogP contribution < -0.4 is 0 Å². The summed E-state index contributed by atoms with van der Waals surface area (Å²) in [7, 11) is 1.32. The average molecular weight is 213 g/mol. The van der Waals surface area contributed by atoms with Gasteiger partial charge in [0.15, 0.2) is 6.29 Å². The summed E-state index contributed by atoms with van der Waals surface area (Å²) in [5, 5.41) is 0.349. The number of carbonyl (C=O) groups excluding carboxylic acids is 2. The Balaban J connectivity index is 2.86. The zero-order chi connectivity index (χ0) is 10.6. The molecule has 0 atom stereocenters. The first kappa shape index (κ1) is 10.7. The third-order valence-electron chi connectivity index (χ3n) is 1.77. The molecule has 0 heterocycles. The lowest BCUT2D eigenvalue weighted by molar-refractivity contribution is -0.139. The number of hydrogen-bond donors (Lipinski definition) is 0. The van der Waals surface area contributed by atoms with Gasteiger partial charge in [0.2, 0.25) is 0 Å². The van der Waals surface area contributed by atoms with Crippen LogP contribution in [0.15, 0.2) is 18.2 Å². The van der Waals surface area contributed by atoms with E-state index < -0.39 is 0 Å². The molecule has 14 heavy (non-hydrogen) atoms. The number of carbonyl (C=O) groups is 2. The summed E-state index contributed by atoms with van der Waals surface area (Å²) in [4.78, 5) is 21.4. The monoisotopic (exact) mass is 212 g/mol. The molecule has 0 aliphatic rings. The third kappa shape index (κ3) is 2.57. The quantitative estimate of drug-likeness (QED) is 0.568. The topological polar surface area (TPSA) is 43.4 Å². The van der Waals surface area contributed by atoms with Crippen molar-refractivity contribution in [2.75, 3.05) is 7.11 Å². The van der Waals surface area contributed by atoms with Crippen molar-refractivity contribution in [3.8, 4) is 0 Å². The van der Waals surface area contributed by atoms with Gasteiger partial charge in [0.25, 0.3) is 0 Å². The lowest BCUT2D eigenvalue weighted by Gasteiger charge is -2.01. The molecule has 0 saturated carbocycles. The van der Waals surface area contributed by atoms with Crippen molar-refractivity contribution in [3.05, 3.63) is 34.3 Å². The number of esters is 1. The minimum Gasteiger partial charge on any atom is -0.469 e. The Morgan fingerprint density at radius 3 is 2.79 bits per heavy atom. The summed E-state index contributed by atoms with van der Waals surface area (Å²) in [5.41, 5.74) is 1.15. The van der Waals surface area contributed by atoms with Gasteiger partial charge in [0, 0.05) is 5.56 Å². The Morgan fingerprint density at radius 2 is 2.29 bits per heavy atom. The highest BCUT2D eigenvalue weighted by atomic mass is 35.5. The largest absolute Gasteiger partial charge is 0.469 e. The van der Waals surface area contributed by atoms with Crippen LogP contribution in [0, 0.1) is 0 Å². The van der Waals surface area contributed by atoms with Crippen LogP contribution in [-0.4, -0.2) is 19.4 Å². The first-order chi connectivity index (χ1) is 6.67. The van der Waals surface area contributed by atoms with Crippen molar-refractivity contribution in [3.63, 3.8) is 0 Å². The lowest BCUT2D eigenvalue weighted by atomic mass is 10.1. The molecule has 74 valence electrons. The van der Waals surface area contributed by atoms with Gasteiger partial charge < -0.3 is 4.74 Å². The third-order valence-corrected chi connectivity index (χ3v) is 2.10. The second kappa shape index (κ2) is 4.77. The Kier molecular flexibility index (Phi) is 3.65. The van der Waals surface area contributed by atoms with Gasteiger partial charge in [0.1, 0.15) is 0 Å². The molecule has 1 aromatic rings. The van der Waals surface area contributed by atoms with Crippen LogP contribution in [0.3, 0.4) is 0 Å². The van der Waals surface area contributed by atoms with Crippen LogP contribution in [0.2, 0.25) is 5.02 Å². The van der Waals surface area contributed by atoms with Crippen LogP contribution in [0.25, 0.3) is 0 Å². The number of rotatable bonds is 3. The molecule has 0 unspecified atom stereocenters. The van der Waals surface area contributed by atoms with Gasteiger partial charge in [0.05, 0.1) is 18.6 Å². The van der Waals surface area contributed by atoms with Gasteiger partial charge in [-0.05, 0) is 17.7 Å². The Morgan fingerprint density at radius 1 is 1.57 bits per heavy atom. The summed E-state index contributed by atoms with van der Waals surface area (Å²) in [5.74, 6) is -0.333. The summed E-state index contributed by atoms with van der Waals surface area (Å²) >= 11 is 5.77.